The highest BCUT2D eigenvalue weighted by molar-refractivity contribution is 7.16. The summed E-state index contributed by atoms with van der Waals surface area (Å²) in [6.45, 7) is 1.52. The highest BCUT2D eigenvalue weighted by Gasteiger charge is 2.29. The second-order valence-corrected chi connectivity index (χ2v) is 5.48. The Morgan fingerprint density at radius 3 is 3.00 bits per heavy atom. The van der Waals surface area contributed by atoms with Gasteiger partial charge >= 0.3 is 0 Å². The smallest absolute Gasteiger partial charge is 0.146 e. The molecule has 0 aliphatic heterocycles. The lowest BCUT2D eigenvalue weighted by Crippen LogP contribution is -2.29. The van der Waals surface area contributed by atoms with E-state index in [2.05, 4.69) is 14.9 Å². The third kappa shape index (κ3) is 2.31. The van der Waals surface area contributed by atoms with E-state index in [0.717, 1.165) is 16.0 Å². The Morgan fingerprint density at radius 1 is 1.44 bits per heavy atom. The first-order chi connectivity index (χ1) is 8.78. The zero-order chi connectivity index (χ0) is 12.5. The van der Waals surface area contributed by atoms with Gasteiger partial charge in [0.25, 0.3) is 0 Å². The molecular formula is C12H16N4OS. The van der Waals surface area contributed by atoms with E-state index in [4.69, 9.17) is 10.8 Å². The summed E-state index contributed by atoms with van der Waals surface area (Å²) in [6, 6.07) is 2.53. The molecule has 1 aliphatic rings. The van der Waals surface area contributed by atoms with Crippen LogP contribution in [-0.2, 0) is 6.54 Å². The maximum atomic E-state index is 9.08. The van der Waals surface area contributed by atoms with Crippen molar-refractivity contribution in [3.63, 3.8) is 0 Å². The lowest BCUT2D eigenvalue weighted by molar-refractivity contribution is 0.180. The van der Waals surface area contributed by atoms with Crippen LogP contribution in [0.3, 0.4) is 0 Å². The maximum absolute atomic E-state index is 9.08. The standard InChI is InChI=1S/C12H16N4OS/c13-11-9-3-6-18-12(9)15-10(14-11)7-16(4-5-17)8-1-2-8/h3,6,8,17H,1-2,4-5,7H2,(H2,13,14,15). The van der Waals surface area contributed by atoms with Crippen LogP contribution in [-0.4, -0.2) is 39.2 Å². The Hall–Kier alpha value is -1.24. The summed E-state index contributed by atoms with van der Waals surface area (Å²) in [4.78, 5) is 12.1. The first kappa shape index (κ1) is 11.8. The van der Waals surface area contributed by atoms with Crippen LogP contribution in [0.2, 0.25) is 0 Å². The number of aliphatic hydroxyl groups is 1. The molecule has 1 fully saturated rings. The summed E-state index contributed by atoms with van der Waals surface area (Å²) >= 11 is 1.58. The monoisotopic (exact) mass is 264 g/mol. The van der Waals surface area contributed by atoms with Gasteiger partial charge in [0.1, 0.15) is 16.5 Å². The van der Waals surface area contributed by atoms with Crippen molar-refractivity contribution < 1.29 is 5.11 Å². The second-order valence-electron chi connectivity index (χ2n) is 4.59. The van der Waals surface area contributed by atoms with Crippen molar-refractivity contribution in [2.75, 3.05) is 18.9 Å². The van der Waals surface area contributed by atoms with Crippen LogP contribution in [0.25, 0.3) is 10.2 Å². The maximum Gasteiger partial charge on any atom is 0.146 e. The molecule has 0 unspecified atom stereocenters. The predicted octanol–water partition coefficient (Wildman–Crippen LogP) is 1.23. The van der Waals surface area contributed by atoms with Crippen LogP contribution < -0.4 is 5.73 Å². The Morgan fingerprint density at radius 2 is 2.28 bits per heavy atom. The van der Waals surface area contributed by atoms with Crippen LogP contribution >= 0.6 is 11.3 Å². The van der Waals surface area contributed by atoms with Gasteiger partial charge < -0.3 is 10.8 Å². The molecular weight excluding hydrogens is 248 g/mol. The summed E-state index contributed by atoms with van der Waals surface area (Å²) in [5.41, 5.74) is 5.93. The first-order valence-corrected chi connectivity index (χ1v) is 7.00. The molecule has 2 aromatic rings. The van der Waals surface area contributed by atoms with E-state index in [0.29, 0.717) is 24.9 Å². The summed E-state index contributed by atoms with van der Waals surface area (Å²) in [5, 5.41) is 12.0. The van der Waals surface area contributed by atoms with Gasteiger partial charge in [0.05, 0.1) is 18.5 Å². The van der Waals surface area contributed by atoms with Crippen molar-refractivity contribution in [2.24, 2.45) is 0 Å². The molecule has 0 spiro atoms. The molecule has 1 saturated carbocycles. The molecule has 0 amide bonds. The summed E-state index contributed by atoms with van der Waals surface area (Å²) in [6.07, 6.45) is 2.41. The average molecular weight is 264 g/mol. The minimum Gasteiger partial charge on any atom is -0.395 e. The number of anilines is 1. The van der Waals surface area contributed by atoms with Crippen LogP contribution in [0, 0.1) is 0 Å². The highest BCUT2D eigenvalue weighted by atomic mass is 32.1. The quantitative estimate of drug-likeness (QED) is 0.849. The largest absolute Gasteiger partial charge is 0.395 e. The number of thiophene rings is 1. The van der Waals surface area contributed by atoms with E-state index >= 15 is 0 Å². The molecule has 0 saturated heterocycles. The molecule has 0 radical (unpaired) electrons. The fourth-order valence-corrected chi connectivity index (χ4v) is 2.93. The lowest BCUT2D eigenvalue weighted by atomic mass is 10.3. The van der Waals surface area contributed by atoms with E-state index in [1.807, 2.05) is 11.4 Å². The minimum atomic E-state index is 0.174. The first-order valence-electron chi connectivity index (χ1n) is 6.12. The zero-order valence-corrected chi connectivity index (χ0v) is 10.9. The third-order valence-electron chi connectivity index (χ3n) is 3.20. The van der Waals surface area contributed by atoms with Crippen LogP contribution in [0.1, 0.15) is 18.7 Å². The van der Waals surface area contributed by atoms with E-state index < -0.39 is 0 Å². The molecule has 0 bridgehead atoms. The summed E-state index contributed by atoms with van der Waals surface area (Å²) in [5.74, 6) is 1.30. The Labute approximate surface area is 109 Å². The Balaban J connectivity index is 1.84. The average Bonchev–Trinajstić information content (AvgIpc) is 3.08. The molecule has 5 nitrogen and oxygen atoms in total. The van der Waals surface area contributed by atoms with Crippen molar-refractivity contribution in [2.45, 2.75) is 25.4 Å². The molecule has 6 heteroatoms. The van der Waals surface area contributed by atoms with Gasteiger partial charge in [-0.3, -0.25) is 4.90 Å². The number of hydrogen-bond acceptors (Lipinski definition) is 6. The number of fused-ring (bicyclic) bond motifs is 1. The fourth-order valence-electron chi connectivity index (χ4n) is 2.14. The number of nitrogens with zero attached hydrogens (tertiary/aromatic N) is 3. The molecule has 3 N–H and O–H groups in total. The number of aliphatic hydroxyl groups excluding tert-OH is 1. The zero-order valence-electron chi connectivity index (χ0n) is 10.0. The number of hydrogen-bond donors (Lipinski definition) is 2. The molecule has 96 valence electrons. The fraction of sp³-hybridized carbons (Fsp3) is 0.500. The molecule has 18 heavy (non-hydrogen) atoms. The SMILES string of the molecule is Nc1nc(CN(CCO)C2CC2)nc2sccc12. The van der Waals surface area contributed by atoms with Crippen molar-refractivity contribution in [3.05, 3.63) is 17.3 Å². The van der Waals surface area contributed by atoms with Crippen molar-refractivity contribution >= 4 is 27.4 Å². The van der Waals surface area contributed by atoms with E-state index in [-0.39, 0.29) is 6.61 Å². The van der Waals surface area contributed by atoms with Crippen LogP contribution in [0.4, 0.5) is 5.82 Å². The van der Waals surface area contributed by atoms with Crippen molar-refractivity contribution in [3.8, 4) is 0 Å². The summed E-state index contributed by atoms with van der Waals surface area (Å²) < 4.78 is 0. The topological polar surface area (TPSA) is 75.3 Å². The summed E-state index contributed by atoms with van der Waals surface area (Å²) in [7, 11) is 0. The molecule has 2 heterocycles. The second kappa shape index (κ2) is 4.79. The van der Waals surface area contributed by atoms with Crippen LogP contribution in [0.5, 0.6) is 0 Å². The van der Waals surface area contributed by atoms with E-state index in [9.17, 15) is 0 Å². The highest BCUT2D eigenvalue weighted by Crippen LogP contribution is 2.28. The van der Waals surface area contributed by atoms with Gasteiger partial charge in [-0.25, -0.2) is 9.97 Å². The van der Waals surface area contributed by atoms with Gasteiger partial charge in [0.15, 0.2) is 0 Å². The van der Waals surface area contributed by atoms with Crippen LogP contribution in [0.15, 0.2) is 11.4 Å². The number of nitrogens with two attached hydrogens (primary N) is 1. The Bertz CT molecular complexity index is 552. The third-order valence-corrected chi connectivity index (χ3v) is 4.00. The number of aromatic nitrogens is 2. The lowest BCUT2D eigenvalue weighted by Gasteiger charge is -2.19. The molecule has 1 aliphatic carbocycles. The predicted molar refractivity (Wildman–Crippen MR) is 72.3 cm³/mol. The molecule has 0 atom stereocenters. The van der Waals surface area contributed by atoms with Gasteiger partial charge in [0.2, 0.25) is 0 Å². The number of nitrogen functional groups attached to an aromatic ring is 1. The van der Waals surface area contributed by atoms with E-state index in [1.54, 1.807) is 11.3 Å². The van der Waals surface area contributed by atoms with Gasteiger partial charge in [-0.15, -0.1) is 11.3 Å². The Kier molecular flexibility index (Phi) is 3.15. The minimum absolute atomic E-state index is 0.174. The van der Waals surface area contributed by atoms with E-state index in [1.165, 1.54) is 12.8 Å². The van der Waals surface area contributed by atoms with Gasteiger partial charge in [-0.05, 0) is 24.3 Å². The van der Waals surface area contributed by atoms with Gasteiger partial charge in [-0.1, -0.05) is 0 Å². The van der Waals surface area contributed by atoms with Gasteiger partial charge in [-0.2, -0.15) is 0 Å². The van der Waals surface area contributed by atoms with Crippen molar-refractivity contribution in [1.82, 2.24) is 14.9 Å². The normalized spacial score (nSPS) is 15.7. The number of rotatable bonds is 5. The molecule has 0 aromatic carbocycles. The van der Waals surface area contributed by atoms with Crippen molar-refractivity contribution in [1.29, 1.82) is 0 Å². The molecule has 3 rings (SSSR count). The molecule has 2 aromatic heterocycles. The van der Waals surface area contributed by atoms with Gasteiger partial charge in [0, 0.05) is 12.6 Å².